The van der Waals surface area contributed by atoms with Gasteiger partial charge in [-0.1, -0.05) is 12.1 Å². The topological polar surface area (TPSA) is 69.6 Å². The van der Waals surface area contributed by atoms with Crippen molar-refractivity contribution in [2.45, 2.75) is 13.8 Å². The average Bonchev–Trinajstić information content (AvgIpc) is 2.94. The maximum Gasteiger partial charge on any atom is 0.188 e. The molecule has 3 aromatic rings. The Kier molecular flexibility index (Phi) is 3.47. The molecule has 1 aromatic heterocycles. The minimum Gasteiger partial charge on any atom is -0.398 e. The number of halogens is 1. The highest BCUT2D eigenvalue weighted by atomic mass is 79.9. The number of rotatable bonds is 2. The van der Waals surface area contributed by atoms with E-state index in [0.717, 1.165) is 15.7 Å². The van der Waals surface area contributed by atoms with Crippen molar-refractivity contribution >= 4 is 21.6 Å². The standard InChI is InChI=1S/C15H14BrN5/c1-9-6-7-11(8-10(9)2)21-15(18-19-20-21)12-4-3-5-13(17)14(12)16/h3-8H,17H2,1-2H3. The van der Waals surface area contributed by atoms with Crippen LogP contribution in [0.1, 0.15) is 11.1 Å². The number of nitrogens with zero attached hydrogens (tertiary/aromatic N) is 4. The summed E-state index contributed by atoms with van der Waals surface area (Å²) in [7, 11) is 0. The van der Waals surface area contributed by atoms with Gasteiger partial charge in [-0.15, -0.1) is 5.10 Å². The summed E-state index contributed by atoms with van der Waals surface area (Å²) in [5.74, 6) is 0.650. The largest absolute Gasteiger partial charge is 0.398 e. The number of aromatic nitrogens is 4. The Morgan fingerprint density at radius 3 is 2.67 bits per heavy atom. The molecule has 2 N–H and O–H groups in total. The van der Waals surface area contributed by atoms with Gasteiger partial charge in [0, 0.05) is 11.3 Å². The zero-order valence-corrected chi connectivity index (χ0v) is 13.3. The molecule has 2 aromatic carbocycles. The molecule has 21 heavy (non-hydrogen) atoms. The van der Waals surface area contributed by atoms with E-state index in [1.165, 1.54) is 11.1 Å². The predicted molar refractivity (Wildman–Crippen MR) is 86.2 cm³/mol. The number of anilines is 1. The molecule has 0 aliphatic carbocycles. The molecule has 0 unspecified atom stereocenters. The van der Waals surface area contributed by atoms with Gasteiger partial charge in [-0.25, -0.2) is 0 Å². The fourth-order valence-electron chi connectivity index (χ4n) is 2.11. The lowest BCUT2D eigenvalue weighted by Gasteiger charge is -2.09. The third-order valence-corrected chi connectivity index (χ3v) is 4.36. The summed E-state index contributed by atoms with van der Waals surface area (Å²) in [5, 5.41) is 12.0. The van der Waals surface area contributed by atoms with Gasteiger partial charge in [-0.2, -0.15) is 4.68 Å². The van der Waals surface area contributed by atoms with Crippen LogP contribution in [0.15, 0.2) is 40.9 Å². The molecule has 0 saturated heterocycles. The molecule has 3 rings (SSSR count). The van der Waals surface area contributed by atoms with Crippen molar-refractivity contribution in [3.05, 3.63) is 52.0 Å². The Morgan fingerprint density at radius 2 is 1.90 bits per heavy atom. The maximum atomic E-state index is 5.93. The summed E-state index contributed by atoms with van der Waals surface area (Å²) < 4.78 is 2.51. The van der Waals surface area contributed by atoms with Crippen LogP contribution in [0.25, 0.3) is 17.1 Å². The number of benzene rings is 2. The van der Waals surface area contributed by atoms with Crippen LogP contribution in [0.2, 0.25) is 0 Å². The molecule has 5 nitrogen and oxygen atoms in total. The molecule has 0 aliphatic heterocycles. The Labute approximate surface area is 130 Å². The van der Waals surface area contributed by atoms with Crippen molar-refractivity contribution in [3.63, 3.8) is 0 Å². The SMILES string of the molecule is Cc1ccc(-n2nnnc2-c2cccc(N)c2Br)cc1C. The van der Waals surface area contributed by atoms with E-state index in [0.29, 0.717) is 11.5 Å². The summed E-state index contributed by atoms with van der Waals surface area (Å²) in [6.45, 7) is 4.15. The molecule has 6 heteroatoms. The molecule has 0 aliphatic rings. The lowest BCUT2D eigenvalue weighted by Crippen LogP contribution is -2.01. The van der Waals surface area contributed by atoms with Gasteiger partial charge in [0.1, 0.15) is 0 Å². The van der Waals surface area contributed by atoms with E-state index in [4.69, 9.17) is 5.73 Å². The molecule has 0 fully saturated rings. The van der Waals surface area contributed by atoms with Crippen LogP contribution in [0, 0.1) is 13.8 Å². The highest BCUT2D eigenvalue weighted by molar-refractivity contribution is 9.10. The van der Waals surface area contributed by atoms with E-state index in [2.05, 4.69) is 57.4 Å². The number of hydrogen-bond donors (Lipinski definition) is 1. The van der Waals surface area contributed by atoms with Crippen LogP contribution in [0.4, 0.5) is 5.69 Å². The first-order valence-corrected chi connectivity index (χ1v) is 7.27. The summed E-state index contributed by atoms with van der Waals surface area (Å²) >= 11 is 3.50. The Balaban J connectivity index is 2.17. The van der Waals surface area contributed by atoms with E-state index >= 15 is 0 Å². The van der Waals surface area contributed by atoms with E-state index in [1.54, 1.807) is 4.68 Å². The van der Waals surface area contributed by atoms with Gasteiger partial charge in [0.05, 0.1) is 10.2 Å². The van der Waals surface area contributed by atoms with Crippen molar-refractivity contribution < 1.29 is 0 Å². The number of tetrazole rings is 1. The van der Waals surface area contributed by atoms with Gasteiger partial charge < -0.3 is 5.73 Å². The summed E-state index contributed by atoms with van der Waals surface area (Å²) in [6, 6.07) is 11.8. The third-order valence-electron chi connectivity index (χ3n) is 3.47. The molecule has 0 atom stereocenters. The summed E-state index contributed by atoms with van der Waals surface area (Å²) in [4.78, 5) is 0. The van der Waals surface area contributed by atoms with Gasteiger partial charge in [0.2, 0.25) is 0 Å². The van der Waals surface area contributed by atoms with E-state index in [9.17, 15) is 0 Å². The van der Waals surface area contributed by atoms with Gasteiger partial charge in [0.25, 0.3) is 0 Å². The second-order valence-electron chi connectivity index (χ2n) is 4.89. The lowest BCUT2D eigenvalue weighted by molar-refractivity contribution is 0.790. The molecule has 0 spiro atoms. The Morgan fingerprint density at radius 1 is 1.10 bits per heavy atom. The average molecular weight is 344 g/mol. The van der Waals surface area contributed by atoms with Crippen molar-refractivity contribution in [3.8, 4) is 17.1 Å². The van der Waals surface area contributed by atoms with Crippen LogP contribution in [0.5, 0.6) is 0 Å². The first-order chi connectivity index (χ1) is 10.1. The van der Waals surface area contributed by atoms with Crippen molar-refractivity contribution in [2.75, 3.05) is 5.73 Å². The monoisotopic (exact) mass is 343 g/mol. The van der Waals surface area contributed by atoms with Gasteiger partial charge >= 0.3 is 0 Å². The second-order valence-corrected chi connectivity index (χ2v) is 5.68. The first kappa shape index (κ1) is 13.8. The van der Waals surface area contributed by atoms with Gasteiger partial charge in [0.15, 0.2) is 5.82 Å². The molecule has 0 amide bonds. The van der Waals surface area contributed by atoms with Crippen LogP contribution in [0.3, 0.4) is 0 Å². The Hall–Kier alpha value is -2.21. The zero-order valence-electron chi connectivity index (χ0n) is 11.7. The molecule has 0 bridgehead atoms. The van der Waals surface area contributed by atoms with Crippen LogP contribution >= 0.6 is 15.9 Å². The number of aryl methyl sites for hydroxylation is 2. The molecule has 0 radical (unpaired) electrons. The molecule has 0 saturated carbocycles. The maximum absolute atomic E-state index is 5.93. The Bertz CT molecular complexity index is 810. The smallest absolute Gasteiger partial charge is 0.188 e. The van der Waals surface area contributed by atoms with Gasteiger partial charge in [-0.3, -0.25) is 0 Å². The van der Waals surface area contributed by atoms with E-state index in [1.807, 2.05) is 24.3 Å². The molecule has 106 valence electrons. The minimum atomic E-state index is 0.650. The van der Waals surface area contributed by atoms with Crippen LogP contribution in [-0.4, -0.2) is 20.2 Å². The highest BCUT2D eigenvalue weighted by Gasteiger charge is 2.15. The zero-order chi connectivity index (χ0) is 15.0. The summed E-state index contributed by atoms with van der Waals surface area (Å²) in [6.07, 6.45) is 0. The predicted octanol–water partition coefficient (Wildman–Crippen LogP) is 3.29. The highest BCUT2D eigenvalue weighted by Crippen LogP contribution is 2.32. The van der Waals surface area contributed by atoms with Crippen LogP contribution < -0.4 is 5.73 Å². The number of nitrogen functional groups attached to an aromatic ring is 1. The fourth-order valence-corrected chi connectivity index (χ4v) is 2.55. The lowest BCUT2D eigenvalue weighted by atomic mass is 10.1. The number of hydrogen-bond acceptors (Lipinski definition) is 4. The third kappa shape index (κ3) is 2.42. The first-order valence-electron chi connectivity index (χ1n) is 6.48. The van der Waals surface area contributed by atoms with Gasteiger partial charge in [-0.05, 0) is 75.6 Å². The van der Waals surface area contributed by atoms with E-state index in [-0.39, 0.29) is 0 Å². The minimum absolute atomic E-state index is 0.650. The molecule has 1 heterocycles. The van der Waals surface area contributed by atoms with E-state index < -0.39 is 0 Å². The quantitative estimate of drug-likeness (QED) is 0.725. The van der Waals surface area contributed by atoms with Crippen molar-refractivity contribution in [2.24, 2.45) is 0 Å². The van der Waals surface area contributed by atoms with Crippen molar-refractivity contribution in [1.29, 1.82) is 0 Å². The second kappa shape index (κ2) is 5.29. The normalized spacial score (nSPS) is 10.8. The van der Waals surface area contributed by atoms with Crippen LogP contribution in [-0.2, 0) is 0 Å². The molecular formula is C15H14BrN5. The molecular weight excluding hydrogens is 330 g/mol. The number of nitrogens with two attached hydrogens (primary N) is 1. The fraction of sp³-hybridized carbons (Fsp3) is 0.133. The summed E-state index contributed by atoms with van der Waals surface area (Å²) in [5.41, 5.74) is 10.8. The van der Waals surface area contributed by atoms with Crippen molar-refractivity contribution in [1.82, 2.24) is 20.2 Å².